The van der Waals surface area contributed by atoms with E-state index in [2.05, 4.69) is 71.2 Å². The molecular formula is C42H59ClO4. The van der Waals surface area contributed by atoms with Gasteiger partial charge in [0.1, 0.15) is 5.75 Å². The van der Waals surface area contributed by atoms with Gasteiger partial charge in [0.2, 0.25) is 0 Å². The largest absolute Gasteiger partial charge is 0.507 e. The van der Waals surface area contributed by atoms with Gasteiger partial charge >= 0.3 is 5.97 Å². The first-order valence-electron chi connectivity index (χ1n) is 17.2. The Kier molecular flexibility index (Phi) is 17.8. The van der Waals surface area contributed by atoms with Crippen molar-refractivity contribution >= 4 is 23.4 Å². The third-order valence-corrected chi connectivity index (χ3v) is 9.49. The van der Waals surface area contributed by atoms with Crippen molar-refractivity contribution < 1.29 is 19.8 Å². The van der Waals surface area contributed by atoms with Crippen LogP contribution in [0.2, 0.25) is 5.02 Å². The van der Waals surface area contributed by atoms with Gasteiger partial charge in [-0.1, -0.05) is 82.0 Å². The van der Waals surface area contributed by atoms with E-state index in [-0.39, 0.29) is 23.0 Å². The Morgan fingerprint density at radius 2 is 1.51 bits per heavy atom. The fraction of sp³-hybridized carbons (Fsp3) is 0.476. The lowest BCUT2D eigenvalue weighted by molar-refractivity contribution is -0.147. The summed E-state index contributed by atoms with van der Waals surface area (Å²) in [5, 5.41) is 20.1. The van der Waals surface area contributed by atoms with Gasteiger partial charge in [0.15, 0.2) is 5.78 Å². The maximum atomic E-state index is 12.2. The zero-order valence-corrected chi connectivity index (χ0v) is 31.2. The molecule has 258 valence electrons. The van der Waals surface area contributed by atoms with Gasteiger partial charge in [0, 0.05) is 5.92 Å². The number of aryl methyl sites for hydroxylation is 4. The summed E-state index contributed by atoms with van der Waals surface area (Å²) >= 11 is 5.99. The number of carbonyl (C=O) groups excluding carboxylic acids is 1. The average molecular weight is 663 g/mol. The average Bonchev–Trinajstić information content (AvgIpc) is 3.05. The summed E-state index contributed by atoms with van der Waals surface area (Å²) in [4.78, 5) is 23.4. The predicted octanol–water partition coefficient (Wildman–Crippen LogP) is 11.9. The highest BCUT2D eigenvalue weighted by atomic mass is 35.5. The van der Waals surface area contributed by atoms with Crippen LogP contribution >= 0.6 is 11.6 Å². The van der Waals surface area contributed by atoms with E-state index in [9.17, 15) is 19.8 Å². The molecule has 3 aromatic carbocycles. The van der Waals surface area contributed by atoms with E-state index in [1.165, 1.54) is 66.8 Å². The van der Waals surface area contributed by atoms with E-state index in [4.69, 9.17) is 11.6 Å². The van der Waals surface area contributed by atoms with Gasteiger partial charge in [0.05, 0.1) is 16.0 Å². The molecule has 1 atom stereocenters. The third-order valence-electron chi connectivity index (χ3n) is 9.19. The number of benzene rings is 3. The minimum absolute atomic E-state index is 0.00417. The summed E-state index contributed by atoms with van der Waals surface area (Å²) in [5.41, 5.74) is 9.16. The Balaban J connectivity index is 0.000000457. The van der Waals surface area contributed by atoms with Crippen LogP contribution in [-0.4, -0.2) is 22.0 Å². The highest BCUT2D eigenvalue weighted by molar-refractivity contribution is 6.34. The number of rotatable bonds is 10. The zero-order chi connectivity index (χ0) is 35.9. The zero-order valence-electron chi connectivity index (χ0n) is 30.5. The lowest BCUT2D eigenvalue weighted by Gasteiger charge is -2.34. The molecule has 0 saturated carbocycles. The Labute approximate surface area is 290 Å². The summed E-state index contributed by atoms with van der Waals surface area (Å²) < 4.78 is 0. The maximum Gasteiger partial charge on any atom is 0.310 e. The number of ketones is 1. The van der Waals surface area contributed by atoms with Crippen LogP contribution < -0.4 is 0 Å². The Hall–Kier alpha value is -3.37. The topological polar surface area (TPSA) is 74.6 Å². The van der Waals surface area contributed by atoms with Gasteiger partial charge in [-0.15, -0.1) is 13.2 Å². The quantitative estimate of drug-likeness (QED) is 0.129. The van der Waals surface area contributed by atoms with Crippen LogP contribution in [0.5, 0.6) is 5.75 Å². The number of halogens is 1. The van der Waals surface area contributed by atoms with Crippen molar-refractivity contribution in [3.8, 4) is 5.75 Å². The number of aliphatic carboxylic acids is 1. The SMILES string of the molecule is C=C.CC.CCCCCCc1cc(O)c(C(C)=O)c(Cl)c1.Cc1ccc(C(c2ccc3c(c2)CCCC3)C(C)(C)C(=O)O)c(C)c1C. The first-order valence-corrected chi connectivity index (χ1v) is 17.6. The van der Waals surface area contributed by atoms with Crippen molar-refractivity contribution in [2.75, 3.05) is 0 Å². The summed E-state index contributed by atoms with van der Waals surface area (Å²) in [7, 11) is 0. The van der Waals surface area contributed by atoms with Crippen molar-refractivity contribution in [1.82, 2.24) is 0 Å². The van der Waals surface area contributed by atoms with Crippen molar-refractivity contribution in [2.45, 2.75) is 126 Å². The number of Topliss-reactive ketones (excluding diaryl/α,β-unsaturated/α-hetero) is 1. The number of carboxylic acid groups (broad SMARTS) is 1. The molecule has 4 nitrogen and oxygen atoms in total. The smallest absolute Gasteiger partial charge is 0.310 e. The molecule has 0 aromatic heterocycles. The molecule has 0 bridgehead atoms. The van der Waals surface area contributed by atoms with E-state index in [1.54, 1.807) is 12.1 Å². The van der Waals surface area contributed by atoms with Crippen LogP contribution in [0.15, 0.2) is 55.6 Å². The fourth-order valence-corrected chi connectivity index (χ4v) is 6.60. The summed E-state index contributed by atoms with van der Waals surface area (Å²) in [6, 6.07) is 14.4. The van der Waals surface area contributed by atoms with Crippen molar-refractivity contribution in [2.24, 2.45) is 5.41 Å². The molecule has 0 amide bonds. The number of fused-ring (bicyclic) bond motifs is 1. The molecule has 1 aliphatic rings. The van der Waals surface area contributed by atoms with E-state index in [1.807, 2.05) is 27.7 Å². The number of phenolic OH excluding ortho intramolecular Hbond substituents is 1. The molecule has 3 aromatic rings. The number of phenols is 1. The van der Waals surface area contributed by atoms with Crippen LogP contribution in [0.25, 0.3) is 0 Å². The molecule has 4 rings (SSSR count). The van der Waals surface area contributed by atoms with Crippen molar-refractivity contribution in [1.29, 1.82) is 0 Å². The molecule has 47 heavy (non-hydrogen) atoms. The first kappa shape index (κ1) is 41.7. The maximum absolute atomic E-state index is 12.2. The van der Waals surface area contributed by atoms with Gasteiger partial charge in [-0.05, 0) is 137 Å². The van der Waals surface area contributed by atoms with Gasteiger partial charge in [0.25, 0.3) is 0 Å². The number of aromatic hydroxyl groups is 1. The highest BCUT2D eigenvalue weighted by Gasteiger charge is 2.40. The van der Waals surface area contributed by atoms with Crippen molar-refractivity contribution in [3.05, 3.63) is 111 Å². The van der Waals surface area contributed by atoms with Crippen molar-refractivity contribution in [3.63, 3.8) is 0 Å². The van der Waals surface area contributed by atoms with Crippen LogP contribution in [0, 0.1) is 26.2 Å². The van der Waals surface area contributed by atoms with E-state index in [0.29, 0.717) is 5.02 Å². The summed E-state index contributed by atoms with van der Waals surface area (Å²) in [6.45, 7) is 23.7. The molecule has 2 N–H and O–H groups in total. The van der Waals surface area contributed by atoms with Crippen LogP contribution in [0.3, 0.4) is 0 Å². The second-order valence-electron chi connectivity index (χ2n) is 12.8. The van der Waals surface area contributed by atoms with Gasteiger partial charge in [-0.25, -0.2) is 0 Å². The molecule has 1 unspecified atom stereocenters. The summed E-state index contributed by atoms with van der Waals surface area (Å²) in [6.07, 6.45) is 10.3. The number of carbonyl (C=O) groups is 2. The Morgan fingerprint density at radius 3 is 2.06 bits per heavy atom. The fourth-order valence-electron chi connectivity index (χ4n) is 6.23. The summed E-state index contributed by atoms with van der Waals surface area (Å²) in [5.74, 6) is -1.12. The Bertz CT molecular complexity index is 1450. The number of carboxylic acids is 1. The van der Waals surface area contributed by atoms with Gasteiger partial charge in [-0.2, -0.15) is 0 Å². The second-order valence-corrected chi connectivity index (χ2v) is 13.2. The first-order chi connectivity index (χ1) is 22.3. The highest BCUT2D eigenvalue weighted by Crippen LogP contribution is 2.44. The Morgan fingerprint density at radius 1 is 0.894 bits per heavy atom. The number of hydrogen-bond acceptors (Lipinski definition) is 3. The molecular weight excluding hydrogens is 604 g/mol. The lowest BCUT2D eigenvalue weighted by atomic mass is 9.69. The van der Waals surface area contributed by atoms with E-state index >= 15 is 0 Å². The minimum Gasteiger partial charge on any atom is -0.507 e. The molecule has 1 aliphatic carbocycles. The van der Waals surface area contributed by atoms with Crippen LogP contribution in [-0.2, 0) is 24.1 Å². The molecule has 5 heteroatoms. The standard InChI is InChI=1S/C24H30O2.C14H19ClO2.C2H6.C2H4/c1-15-10-13-21(17(3)16(15)2)22(24(4,5)23(25)26)20-12-11-18-8-6-7-9-19(18)14-20;1-3-4-5-6-7-11-8-12(15)14(10(2)16)13(17)9-11;2*1-2/h10-14,22H,6-9H2,1-5H3,(H,25,26);8-9,17H,3-7H2,1-2H3;1-2H3;1-2H2. The molecule has 0 heterocycles. The monoisotopic (exact) mass is 662 g/mol. The molecule has 0 saturated heterocycles. The van der Waals surface area contributed by atoms with Crippen LogP contribution in [0.4, 0.5) is 0 Å². The predicted molar refractivity (Wildman–Crippen MR) is 201 cm³/mol. The normalized spacial score (nSPS) is 12.6. The third kappa shape index (κ3) is 11.1. The van der Waals surface area contributed by atoms with Crippen LogP contribution in [0.1, 0.15) is 141 Å². The minimum atomic E-state index is -0.880. The number of hydrogen-bond donors (Lipinski definition) is 2. The van der Waals surface area contributed by atoms with E-state index in [0.717, 1.165) is 42.4 Å². The van der Waals surface area contributed by atoms with Gasteiger partial charge < -0.3 is 10.2 Å². The lowest BCUT2D eigenvalue weighted by Crippen LogP contribution is -2.32. The second kappa shape index (κ2) is 20.1. The molecule has 0 radical (unpaired) electrons. The molecule has 0 spiro atoms. The van der Waals surface area contributed by atoms with E-state index < -0.39 is 11.4 Å². The van der Waals surface area contributed by atoms with Gasteiger partial charge in [-0.3, -0.25) is 9.59 Å². The molecule has 0 fully saturated rings. The molecule has 0 aliphatic heterocycles. The number of unbranched alkanes of at least 4 members (excludes halogenated alkanes) is 3.